The highest BCUT2D eigenvalue weighted by Crippen LogP contribution is 2.64. The molecule has 10 aromatic rings. The molecular weight excluding hydrogens is 727 g/mol. The Labute approximate surface area is 350 Å². The van der Waals surface area contributed by atoms with Gasteiger partial charge in [0.15, 0.2) is 0 Å². The Balaban J connectivity index is 1.14. The smallest absolute Gasteiger partial charge is 0.137 e. The number of hydrogen-bond acceptors (Lipinski definition) is 2. The minimum atomic E-state index is -0.556. The van der Waals surface area contributed by atoms with Crippen molar-refractivity contribution in [3.8, 4) is 33.4 Å². The van der Waals surface area contributed by atoms with Crippen molar-refractivity contribution in [2.24, 2.45) is 0 Å². The van der Waals surface area contributed by atoms with Crippen LogP contribution in [0.25, 0.3) is 55.3 Å². The number of anilines is 3. The van der Waals surface area contributed by atoms with Crippen LogP contribution in [0.3, 0.4) is 0 Å². The number of nitrogens with zero attached hydrogens (tertiary/aromatic N) is 1. The topological polar surface area (TPSA) is 16.4 Å². The highest BCUT2D eigenvalue weighted by Gasteiger charge is 2.54. The summed E-state index contributed by atoms with van der Waals surface area (Å²) in [6.07, 6.45) is 0. The maximum Gasteiger partial charge on any atom is 0.137 e. The molecule has 0 aliphatic heterocycles. The van der Waals surface area contributed by atoms with Gasteiger partial charge in [-0.2, -0.15) is 0 Å². The molecule has 2 aliphatic rings. The molecule has 2 aliphatic carbocycles. The van der Waals surface area contributed by atoms with Crippen LogP contribution in [-0.4, -0.2) is 0 Å². The molecule has 0 radical (unpaired) electrons. The molecule has 0 bridgehead atoms. The van der Waals surface area contributed by atoms with E-state index >= 15 is 0 Å². The third-order valence-electron chi connectivity index (χ3n) is 13.3. The van der Waals surface area contributed by atoms with Crippen molar-refractivity contribution in [2.45, 2.75) is 24.7 Å². The van der Waals surface area contributed by atoms with E-state index in [1.54, 1.807) is 0 Å². The van der Waals surface area contributed by atoms with Crippen LogP contribution in [0.15, 0.2) is 217 Å². The van der Waals surface area contributed by atoms with Crippen LogP contribution in [0.1, 0.15) is 47.2 Å². The fraction of sp³-hybridized carbons (Fsp3) is 0.0690. The first kappa shape index (κ1) is 34.6. The van der Waals surface area contributed by atoms with E-state index in [0.29, 0.717) is 0 Å². The molecule has 2 heteroatoms. The van der Waals surface area contributed by atoms with Gasteiger partial charge in [-0.15, -0.1) is 0 Å². The van der Waals surface area contributed by atoms with Crippen molar-refractivity contribution in [1.82, 2.24) is 0 Å². The minimum absolute atomic E-state index is 0.250. The van der Waals surface area contributed by atoms with Crippen LogP contribution in [0, 0.1) is 0 Å². The second kappa shape index (κ2) is 13.0. The summed E-state index contributed by atoms with van der Waals surface area (Å²) >= 11 is 0. The normalized spacial score (nSPS) is 15.7. The van der Waals surface area contributed by atoms with Crippen LogP contribution in [0.4, 0.5) is 17.1 Å². The summed E-state index contributed by atoms with van der Waals surface area (Å²) in [7, 11) is 0. The lowest BCUT2D eigenvalue weighted by molar-refractivity contribution is 0.563. The standard InChI is InChI=1S/C58H41NO/c1-57(2)49-24-12-13-25-51(49)58(48-23-11-9-21-47(48)56-44(22-15-26-52(56)58)40-18-7-4-8-19-40)53-36-42(33-35-50(53)57)59(41-30-28-39(29-31-41)38-16-5-3-6-17-38)43-32-34-46-45-20-10-14-27-54(45)60-55(46)37-43/h3-37H,1-2H3. The minimum Gasteiger partial charge on any atom is -0.456 e. The van der Waals surface area contributed by atoms with E-state index in [0.717, 1.165) is 39.0 Å². The summed E-state index contributed by atoms with van der Waals surface area (Å²) in [5.41, 5.74) is 19.7. The van der Waals surface area contributed by atoms with Gasteiger partial charge in [-0.1, -0.05) is 178 Å². The molecule has 60 heavy (non-hydrogen) atoms. The average molecular weight is 768 g/mol. The second-order valence-corrected chi connectivity index (χ2v) is 16.8. The second-order valence-electron chi connectivity index (χ2n) is 16.8. The largest absolute Gasteiger partial charge is 0.456 e. The van der Waals surface area contributed by atoms with E-state index in [9.17, 15) is 0 Å². The van der Waals surface area contributed by atoms with Gasteiger partial charge >= 0.3 is 0 Å². The lowest BCUT2D eigenvalue weighted by Gasteiger charge is -2.47. The molecule has 1 unspecified atom stereocenters. The Morgan fingerprint density at radius 2 is 0.900 bits per heavy atom. The summed E-state index contributed by atoms with van der Waals surface area (Å²) < 4.78 is 6.52. The molecule has 0 saturated heterocycles. The van der Waals surface area contributed by atoms with Crippen molar-refractivity contribution < 1.29 is 4.42 Å². The Hall–Kier alpha value is -7.42. The quantitative estimate of drug-likeness (QED) is 0.173. The van der Waals surface area contributed by atoms with Gasteiger partial charge in [0.1, 0.15) is 11.2 Å². The first-order valence-corrected chi connectivity index (χ1v) is 20.9. The van der Waals surface area contributed by atoms with E-state index in [4.69, 9.17) is 4.42 Å². The summed E-state index contributed by atoms with van der Waals surface area (Å²) in [6.45, 7) is 4.80. The highest BCUT2D eigenvalue weighted by atomic mass is 16.3. The van der Waals surface area contributed by atoms with Crippen molar-refractivity contribution >= 4 is 39.0 Å². The maximum absolute atomic E-state index is 6.52. The Morgan fingerprint density at radius 3 is 1.70 bits per heavy atom. The molecule has 9 aromatic carbocycles. The summed E-state index contributed by atoms with van der Waals surface area (Å²) in [4.78, 5) is 2.41. The third kappa shape index (κ3) is 4.88. The molecule has 0 saturated carbocycles. The Morgan fingerprint density at radius 1 is 0.350 bits per heavy atom. The van der Waals surface area contributed by atoms with E-state index in [2.05, 4.69) is 225 Å². The third-order valence-corrected chi connectivity index (χ3v) is 13.3. The van der Waals surface area contributed by atoms with E-state index in [-0.39, 0.29) is 5.41 Å². The van der Waals surface area contributed by atoms with Crippen molar-refractivity contribution in [3.63, 3.8) is 0 Å². The zero-order valence-corrected chi connectivity index (χ0v) is 33.6. The van der Waals surface area contributed by atoms with Crippen molar-refractivity contribution in [2.75, 3.05) is 4.90 Å². The summed E-state index contributed by atoms with van der Waals surface area (Å²) in [5.74, 6) is 0. The molecule has 0 N–H and O–H groups in total. The number of fused-ring (bicyclic) bond motifs is 12. The van der Waals surface area contributed by atoms with E-state index in [1.165, 1.54) is 66.8 Å². The Kier molecular flexibility index (Phi) is 7.52. The predicted molar refractivity (Wildman–Crippen MR) is 249 cm³/mol. The van der Waals surface area contributed by atoms with E-state index < -0.39 is 5.41 Å². The molecule has 1 atom stereocenters. The first-order chi connectivity index (χ1) is 29.5. The van der Waals surface area contributed by atoms with Gasteiger partial charge in [0, 0.05) is 39.3 Å². The predicted octanol–water partition coefficient (Wildman–Crippen LogP) is 15.4. The zero-order chi connectivity index (χ0) is 40.0. The molecule has 12 rings (SSSR count). The van der Waals surface area contributed by atoms with E-state index in [1.807, 2.05) is 6.07 Å². The van der Waals surface area contributed by atoms with Gasteiger partial charge < -0.3 is 9.32 Å². The van der Waals surface area contributed by atoms with Gasteiger partial charge in [0.05, 0.1) is 5.41 Å². The number of benzene rings is 9. The van der Waals surface area contributed by atoms with Gasteiger partial charge in [-0.3, -0.25) is 0 Å². The van der Waals surface area contributed by atoms with Crippen LogP contribution in [-0.2, 0) is 10.8 Å². The molecule has 1 aromatic heterocycles. The average Bonchev–Trinajstić information content (AvgIpc) is 3.83. The van der Waals surface area contributed by atoms with Crippen molar-refractivity contribution in [3.05, 3.63) is 246 Å². The molecule has 1 spiro atoms. The monoisotopic (exact) mass is 767 g/mol. The number of rotatable bonds is 5. The highest BCUT2D eigenvalue weighted by molar-refractivity contribution is 6.06. The zero-order valence-electron chi connectivity index (χ0n) is 33.6. The first-order valence-electron chi connectivity index (χ1n) is 20.9. The molecule has 284 valence electrons. The van der Waals surface area contributed by atoms with Crippen LogP contribution in [0.2, 0.25) is 0 Å². The summed E-state index contributed by atoms with van der Waals surface area (Å²) in [5, 5.41) is 2.24. The van der Waals surface area contributed by atoms with Gasteiger partial charge in [-0.05, 0) is 109 Å². The van der Waals surface area contributed by atoms with Crippen LogP contribution in [0.5, 0.6) is 0 Å². The van der Waals surface area contributed by atoms with Gasteiger partial charge in [0.2, 0.25) is 0 Å². The fourth-order valence-electron chi connectivity index (χ4n) is 10.7. The Bertz CT molecular complexity index is 3280. The summed E-state index contributed by atoms with van der Waals surface area (Å²) in [6, 6.07) is 78.0. The molecular formula is C58H41NO. The van der Waals surface area contributed by atoms with Crippen molar-refractivity contribution in [1.29, 1.82) is 0 Å². The number of furan rings is 1. The molecule has 2 nitrogen and oxygen atoms in total. The molecule has 1 heterocycles. The molecule has 0 fully saturated rings. The number of hydrogen-bond donors (Lipinski definition) is 0. The molecule has 0 amide bonds. The fourth-order valence-corrected chi connectivity index (χ4v) is 10.7. The van der Waals surface area contributed by atoms with Gasteiger partial charge in [-0.25, -0.2) is 0 Å². The van der Waals surface area contributed by atoms with Crippen LogP contribution >= 0.6 is 0 Å². The lowest BCUT2D eigenvalue weighted by atomic mass is 9.55. The van der Waals surface area contributed by atoms with Crippen LogP contribution < -0.4 is 4.90 Å². The maximum atomic E-state index is 6.52. The van der Waals surface area contributed by atoms with Gasteiger partial charge in [0.25, 0.3) is 0 Å². The SMILES string of the molecule is CC1(C)c2ccccc2C2(c3ccccc3-c3c(-c4ccccc4)cccc32)c2cc(N(c3ccc(-c4ccccc4)cc3)c3ccc4c(c3)oc3ccccc34)ccc21. The number of para-hydroxylation sites is 1. The lowest BCUT2D eigenvalue weighted by Crippen LogP contribution is -2.40.